The number of nitrogens with one attached hydrogen (secondary N) is 1. The van der Waals surface area contributed by atoms with E-state index in [1.165, 1.54) is 17.4 Å². The number of amides is 1. The number of anilines is 3. The zero-order chi connectivity index (χ0) is 22.9. The third-order valence-electron chi connectivity index (χ3n) is 4.43. The molecule has 0 saturated carbocycles. The van der Waals surface area contributed by atoms with Gasteiger partial charge in [0.2, 0.25) is 11.0 Å². The van der Waals surface area contributed by atoms with E-state index in [0.717, 1.165) is 17.3 Å². The largest absolute Gasteiger partial charge is 0.574 e. The summed E-state index contributed by atoms with van der Waals surface area (Å²) in [7, 11) is 0. The summed E-state index contributed by atoms with van der Waals surface area (Å²) in [6.07, 6.45) is -3.81. The quantitative estimate of drug-likeness (QED) is 0.589. The van der Waals surface area contributed by atoms with Crippen LogP contribution in [0.25, 0.3) is 0 Å². The number of aryl methyl sites for hydroxylation is 1. The van der Waals surface area contributed by atoms with Crippen LogP contribution >= 0.6 is 11.3 Å². The number of rotatable bonds is 5. The van der Waals surface area contributed by atoms with Gasteiger partial charge in [-0.25, -0.2) is 4.98 Å². The van der Waals surface area contributed by atoms with Gasteiger partial charge in [-0.15, -0.1) is 23.4 Å². The minimum absolute atomic E-state index is 0.109. The maximum atomic E-state index is 12.9. The van der Waals surface area contributed by atoms with Crippen molar-refractivity contribution in [3.8, 4) is 11.6 Å². The molecule has 3 aromatic rings. The Morgan fingerprint density at radius 3 is 2.78 bits per heavy atom. The van der Waals surface area contributed by atoms with Crippen molar-refractivity contribution in [3.63, 3.8) is 0 Å². The fraction of sp³-hybridized carbons (Fsp3) is 0.263. The number of para-hydroxylation sites is 1. The normalized spacial score (nSPS) is 15.7. The van der Waals surface area contributed by atoms with E-state index >= 15 is 0 Å². The minimum atomic E-state index is -4.86. The average Bonchev–Trinajstić information content (AvgIpc) is 3.18. The molecule has 168 valence electrons. The maximum Gasteiger partial charge on any atom is 0.574 e. The van der Waals surface area contributed by atoms with Crippen LogP contribution in [0.4, 0.5) is 29.7 Å². The summed E-state index contributed by atoms with van der Waals surface area (Å²) in [6.45, 7) is 1.71. The Bertz CT molecular complexity index is 1120. The van der Waals surface area contributed by atoms with Gasteiger partial charge in [-0.3, -0.25) is 4.79 Å². The van der Waals surface area contributed by atoms with E-state index in [9.17, 15) is 23.1 Å². The second-order valence-corrected chi connectivity index (χ2v) is 7.82. The van der Waals surface area contributed by atoms with E-state index in [-0.39, 0.29) is 30.2 Å². The number of carbonyl (C=O) groups is 1. The van der Waals surface area contributed by atoms with Gasteiger partial charge in [0.25, 0.3) is 5.91 Å². The first-order chi connectivity index (χ1) is 15.2. The standard InChI is InChI=1S/C19H16F3N5O4S/c1-10-25-26-18(32-10)27-12(8-28)9-30-16-13(3-2-4-14(16)27)17(29)24-11-5-6-15(23-7-11)31-19(20,21)22/h2-7,12,28H,8-9H2,1H3,(H,24,29)/t12-/m0/s1. The number of fused-ring (bicyclic) bond motifs is 1. The molecule has 32 heavy (non-hydrogen) atoms. The smallest absolute Gasteiger partial charge is 0.488 e. The van der Waals surface area contributed by atoms with Gasteiger partial charge in [0.05, 0.1) is 35.8 Å². The SMILES string of the molecule is Cc1nnc(N2c3cccc(C(=O)Nc4ccc(OC(F)(F)F)nc4)c3OC[C@@H]2CO)s1. The molecule has 0 aliphatic carbocycles. The van der Waals surface area contributed by atoms with Gasteiger partial charge in [-0.05, 0) is 25.1 Å². The summed E-state index contributed by atoms with van der Waals surface area (Å²) in [4.78, 5) is 18.2. The highest BCUT2D eigenvalue weighted by Gasteiger charge is 2.34. The average molecular weight is 467 g/mol. The number of ether oxygens (including phenoxy) is 2. The van der Waals surface area contributed by atoms with E-state index in [2.05, 4.69) is 25.2 Å². The van der Waals surface area contributed by atoms with Crippen LogP contribution in [0.3, 0.4) is 0 Å². The zero-order valence-electron chi connectivity index (χ0n) is 16.5. The molecular formula is C19H16F3N5O4S. The van der Waals surface area contributed by atoms with Gasteiger partial charge >= 0.3 is 6.36 Å². The van der Waals surface area contributed by atoms with E-state index in [1.807, 2.05) is 0 Å². The molecule has 9 nitrogen and oxygen atoms in total. The third kappa shape index (κ3) is 4.57. The molecular weight excluding hydrogens is 451 g/mol. The van der Waals surface area contributed by atoms with Crippen molar-refractivity contribution in [2.75, 3.05) is 23.4 Å². The first-order valence-electron chi connectivity index (χ1n) is 9.24. The molecule has 0 saturated heterocycles. The van der Waals surface area contributed by atoms with Crippen LogP contribution < -0.4 is 19.7 Å². The van der Waals surface area contributed by atoms with Crippen LogP contribution in [-0.2, 0) is 0 Å². The Morgan fingerprint density at radius 2 is 2.16 bits per heavy atom. The molecule has 13 heteroatoms. The predicted molar refractivity (Wildman–Crippen MR) is 108 cm³/mol. The number of benzene rings is 1. The highest BCUT2D eigenvalue weighted by Crippen LogP contribution is 2.42. The zero-order valence-corrected chi connectivity index (χ0v) is 17.3. The molecule has 0 unspecified atom stereocenters. The van der Waals surface area contributed by atoms with E-state index in [0.29, 0.717) is 10.8 Å². The van der Waals surface area contributed by atoms with Crippen molar-refractivity contribution < 1.29 is 32.5 Å². The lowest BCUT2D eigenvalue weighted by molar-refractivity contribution is -0.276. The van der Waals surface area contributed by atoms with Crippen LogP contribution in [0.1, 0.15) is 15.4 Å². The Morgan fingerprint density at radius 1 is 1.34 bits per heavy atom. The number of aliphatic hydroxyl groups excluding tert-OH is 1. The van der Waals surface area contributed by atoms with E-state index < -0.39 is 24.2 Å². The number of pyridine rings is 1. The number of aliphatic hydroxyl groups is 1. The molecule has 0 fully saturated rings. The highest BCUT2D eigenvalue weighted by atomic mass is 32.1. The number of hydrogen-bond acceptors (Lipinski definition) is 9. The Balaban J connectivity index is 1.60. The predicted octanol–water partition coefficient (Wildman–Crippen LogP) is 3.28. The number of hydrogen-bond donors (Lipinski definition) is 2. The topological polar surface area (TPSA) is 110 Å². The molecule has 3 heterocycles. The molecule has 2 N–H and O–H groups in total. The van der Waals surface area contributed by atoms with Crippen molar-refractivity contribution >= 4 is 33.8 Å². The van der Waals surface area contributed by atoms with Crippen LogP contribution in [0.5, 0.6) is 11.6 Å². The first-order valence-corrected chi connectivity index (χ1v) is 10.1. The minimum Gasteiger partial charge on any atom is -0.488 e. The van der Waals surface area contributed by atoms with Gasteiger partial charge < -0.3 is 24.8 Å². The van der Waals surface area contributed by atoms with Crippen molar-refractivity contribution in [3.05, 3.63) is 47.1 Å². The summed E-state index contributed by atoms with van der Waals surface area (Å²) in [6, 6.07) is 6.74. The monoisotopic (exact) mass is 467 g/mol. The molecule has 0 bridgehead atoms. The fourth-order valence-electron chi connectivity index (χ4n) is 3.10. The summed E-state index contributed by atoms with van der Waals surface area (Å²) in [5.41, 5.74) is 0.898. The molecule has 1 aliphatic rings. The Labute approximate surface area is 183 Å². The van der Waals surface area contributed by atoms with Gasteiger partial charge in [0, 0.05) is 6.07 Å². The molecule has 1 amide bonds. The second-order valence-electron chi connectivity index (χ2n) is 6.66. The number of nitrogens with zero attached hydrogens (tertiary/aromatic N) is 4. The third-order valence-corrected chi connectivity index (χ3v) is 5.27. The molecule has 0 spiro atoms. The first kappa shape index (κ1) is 21.8. The van der Waals surface area contributed by atoms with Crippen molar-refractivity contribution in [1.82, 2.24) is 15.2 Å². The van der Waals surface area contributed by atoms with E-state index in [1.54, 1.807) is 30.0 Å². The van der Waals surface area contributed by atoms with Crippen LogP contribution in [0, 0.1) is 6.92 Å². The van der Waals surface area contributed by atoms with Crippen LogP contribution in [0.15, 0.2) is 36.5 Å². The van der Waals surface area contributed by atoms with E-state index in [4.69, 9.17) is 4.74 Å². The van der Waals surface area contributed by atoms with Crippen molar-refractivity contribution in [2.24, 2.45) is 0 Å². The Kier molecular flexibility index (Phi) is 5.84. The lowest BCUT2D eigenvalue weighted by Crippen LogP contribution is -2.43. The molecule has 1 aliphatic heterocycles. The van der Waals surface area contributed by atoms with Crippen molar-refractivity contribution in [1.29, 1.82) is 0 Å². The Hall–Kier alpha value is -3.45. The fourth-order valence-corrected chi connectivity index (χ4v) is 3.88. The summed E-state index contributed by atoms with van der Waals surface area (Å²) < 4.78 is 46.3. The molecule has 1 aromatic carbocycles. The highest BCUT2D eigenvalue weighted by molar-refractivity contribution is 7.15. The molecule has 1 atom stereocenters. The number of carbonyl (C=O) groups excluding carboxylic acids is 1. The molecule has 0 radical (unpaired) electrons. The summed E-state index contributed by atoms with van der Waals surface area (Å²) in [5.74, 6) is -0.912. The number of halogens is 3. The van der Waals surface area contributed by atoms with Crippen LogP contribution in [0.2, 0.25) is 0 Å². The number of alkyl halides is 3. The lowest BCUT2D eigenvalue weighted by Gasteiger charge is -2.36. The van der Waals surface area contributed by atoms with Gasteiger partial charge in [0.15, 0.2) is 5.75 Å². The molecule has 2 aromatic heterocycles. The number of aromatic nitrogens is 3. The summed E-state index contributed by atoms with van der Waals surface area (Å²) >= 11 is 1.34. The second kappa shape index (κ2) is 8.59. The van der Waals surface area contributed by atoms with Gasteiger partial charge in [-0.2, -0.15) is 0 Å². The van der Waals surface area contributed by atoms with Gasteiger partial charge in [-0.1, -0.05) is 17.4 Å². The summed E-state index contributed by atoms with van der Waals surface area (Å²) in [5, 5.41) is 21.8. The lowest BCUT2D eigenvalue weighted by atomic mass is 10.1. The molecule has 4 rings (SSSR count). The van der Waals surface area contributed by atoms with Crippen molar-refractivity contribution in [2.45, 2.75) is 19.3 Å². The van der Waals surface area contributed by atoms with Gasteiger partial charge in [0.1, 0.15) is 11.6 Å². The maximum absolute atomic E-state index is 12.9. The van der Waals surface area contributed by atoms with Crippen LogP contribution in [-0.4, -0.2) is 51.8 Å².